The maximum atomic E-state index is 14.3. The molecule has 0 aliphatic heterocycles. The van der Waals surface area contributed by atoms with Gasteiger partial charge < -0.3 is 15.0 Å². The van der Waals surface area contributed by atoms with Crippen LogP contribution in [0.25, 0.3) is 0 Å². The highest BCUT2D eigenvalue weighted by molar-refractivity contribution is 7.92. The summed E-state index contributed by atoms with van der Waals surface area (Å²) in [4.78, 5) is 27.6. The van der Waals surface area contributed by atoms with Gasteiger partial charge >= 0.3 is 0 Å². The van der Waals surface area contributed by atoms with Gasteiger partial charge in [0.05, 0.1) is 19.1 Å². The Morgan fingerprint density at radius 2 is 1.72 bits per heavy atom. The van der Waals surface area contributed by atoms with E-state index in [2.05, 4.69) is 5.32 Å². The molecule has 0 saturated heterocycles. The Kier molecular flexibility index (Phi) is 10.7. The lowest BCUT2D eigenvalue weighted by molar-refractivity contribution is -0.140. The van der Waals surface area contributed by atoms with Gasteiger partial charge in [-0.1, -0.05) is 31.2 Å². The Labute approximate surface area is 213 Å². The van der Waals surface area contributed by atoms with Crippen LogP contribution in [0.2, 0.25) is 0 Å². The molecule has 1 N–H and O–H groups in total. The lowest BCUT2D eigenvalue weighted by Gasteiger charge is -2.30. The van der Waals surface area contributed by atoms with Crippen molar-refractivity contribution in [1.29, 1.82) is 0 Å². The van der Waals surface area contributed by atoms with Crippen molar-refractivity contribution in [3.8, 4) is 5.75 Å². The number of amides is 2. The van der Waals surface area contributed by atoms with E-state index < -0.39 is 21.9 Å². The molecule has 2 rings (SSSR count). The van der Waals surface area contributed by atoms with Crippen LogP contribution in [-0.4, -0.2) is 57.1 Å². The largest absolute Gasteiger partial charge is 0.497 e. The second-order valence-electron chi connectivity index (χ2n) is 8.75. The number of sulfonamides is 1. The molecule has 0 saturated carbocycles. The fraction of sp³-hybridized carbons (Fsp3) is 0.462. The number of para-hydroxylation sites is 1. The van der Waals surface area contributed by atoms with Gasteiger partial charge in [0.1, 0.15) is 17.6 Å². The predicted molar refractivity (Wildman–Crippen MR) is 139 cm³/mol. The summed E-state index contributed by atoms with van der Waals surface area (Å²) < 4.78 is 45.1. The molecule has 0 spiro atoms. The first-order valence-corrected chi connectivity index (χ1v) is 13.8. The van der Waals surface area contributed by atoms with Gasteiger partial charge in [0.2, 0.25) is 21.8 Å². The number of nitrogens with zero attached hydrogens (tertiary/aromatic N) is 2. The van der Waals surface area contributed by atoms with Crippen molar-refractivity contribution in [3.63, 3.8) is 0 Å². The third-order valence-corrected chi connectivity index (χ3v) is 7.13. The maximum Gasteiger partial charge on any atom is 0.242 e. The number of methoxy groups -OCH3 is 1. The number of ether oxygens (including phenoxy) is 1. The van der Waals surface area contributed by atoms with Crippen LogP contribution in [-0.2, 0) is 26.2 Å². The van der Waals surface area contributed by atoms with Gasteiger partial charge in [-0.2, -0.15) is 0 Å². The van der Waals surface area contributed by atoms with Crippen LogP contribution in [0.1, 0.15) is 45.6 Å². The van der Waals surface area contributed by atoms with Gasteiger partial charge in [-0.25, -0.2) is 12.8 Å². The molecule has 2 aromatic rings. The molecule has 2 atom stereocenters. The highest BCUT2D eigenvalue weighted by Crippen LogP contribution is 2.22. The van der Waals surface area contributed by atoms with Crippen molar-refractivity contribution >= 4 is 27.5 Å². The Balaban J connectivity index is 2.19. The van der Waals surface area contributed by atoms with Crippen LogP contribution in [0.4, 0.5) is 10.1 Å². The highest BCUT2D eigenvalue weighted by Gasteiger charge is 2.27. The van der Waals surface area contributed by atoms with E-state index in [9.17, 15) is 22.4 Å². The summed E-state index contributed by atoms with van der Waals surface area (Å²) in [6, 6.07) is 12.0. The maximum absolute atomic E-state index is 14.3. The van der Waals surface area contributed by atoms with Gasteiger partial charge in [-0.05, 0) is 56.5 Å². The van der Waals surface area contributed by atoms with Crippen LogP contribution in [0, 0.1) is 5.82 Å². The van der Waals surface area contributed by atoms with Crippen molar-refractivity contribution in [1.82, 2.24) is 10.2 Å². The van der Waals surface area contributed by atoms with E-state index in [1.165, 1.54) is 23.1 Å². The minimum absolute atomic E-state index is 0.0163. The molecule has 198 valence electrons. The molecule has 0 radical (unpaired) electrons. The minimum Gasteiger partial charge on any atom is -0.497 e. The number of rotatable bonds is 13. The van der Waals surface area contributed by atoms with Gasteiger partial charge in [0.15, 0.2) is 0 Å². The molecule has 0 aliphatic rings. The molecular formula is C26H36FN3O5S. The van der Waals surface area contributed by atoms with Crippen LogP contribution < -0.4 is 14.4 Å². The third kappa shape index (κ3) is 8.22. The molecule has 8 nitrogen and oxygen atoms in total. The number of carbonyl (C=O) groups is 2. The smallest absolute Gasteiger partial charge is 0.242 e. The average Bonchev–Trinajstić information content (AvgIpc) is 2.84. The minimum atomic E-state index is -3.77. The van der Waals surface area contributed by atoms with Crippen molar-refractivity contribution in [2.45, 2.75) is 58.7 Å². The van der Waals surface area contributed by atoms with Gasteiger partial charge in [-0.15, -0.1) is 0 Å². The summed E-state index contributed by atoms with van der Waals surface area (Å²) in [5.41, 5.74) is 0.750. The van der Waals surface area contributed by atoms with Crippen LogP contribution in [0.3, 0.4) is 0 Å². The fourth-order valence-corrected chi connectivity index (χ4v) is 4.58. The Morgan fingerprint density at radius 1 is 1.08 bits per heavy atom. The summed E-state index contributed by atoms with van der Waals surface area (Å²) in [5.74, 6) is -0.561. The Bertz CT molecular complexity index is 1120. The molecule has 0 aromatic heterocycles. The Hall–Kier alpha value is -3.14. The molecule has 0 unspecified atom stereocenters. The SMILES string of the molecule is CC[C@@H](C)NC(=O)[C@H](C)N(Cc1ccc(OC)cc1)C(=O)CCCN(c1ccccc1F)S(C)(=O)=O. The number of nitrogens with one attached hydrogen (secondary N) is 1. The first-order chi connectivity index (χ1) is 17.0. The third-order valence-electron chi connectivity index (χ3n) is 5.95. The van der Waals surface area contributed by atoms with Gasteiger partial charge in [0, 0.05) is 25.6 Å². The molecule has 10 heteroatoms. The van der Waals surface area contributed by atoms with Gasteiger partial charge in [-0.3, -0.25) is 13.9 Å². The van der Waals surface area contributed by atoms with Crippen molar-refractivity contribution in [3.05, 3.63) is 59.9 Å². The number of halogens is 1. The molecule has 0 fully saturated rings. The molecule has 0 heterocycles. The summed E-state index contributed by atoms with van der Waals surface area (Å²) in [5, 5.41) is 2.91. The predicted octanol–water partition coefficient (Wildman–Crippen LogP) is 3.71. The summed E-state index contributed by atoms with van der Waals surface area (Å²) in [7, 11) is -2.20. The van der Waals surface area contributed by atoms with Gasteiger partial charge in [0.25, 0.3) is 0 Å². The first kappa shape index (κ1) is 29.1. The molecule has 0 aliphatic carbocycles. The van der Waals surface area contributed by atoms with Crippen LogP contribution >= 0.6 is 0 Å². The normalized spacial score (nSPS) is 12.9. The van der Waals surface area contributed by atoms with E-state index in [4.69, 9.17) is 4.74 Å². The zero-order valence-electron chi connectivity index (χ0n) is 21.5. The first-order valence-electron chi connectivity index (χ1n) is 11.9. The quantitative estimate of drug-likeness (QED) is 0.434. The molecule has 0 bridgehead atoms. The summed E-state index contributed by atoms with van der Waals surface area (Å²) in [6.07, 6.45) is 1.89. The molecular weight excluding hydrogens is 485 g/mol. The van der Waals surface area contributed by atoms with E-state index in [0.717, 1.165) is 22.5 Å². The topological polar surface area (TPSA) is 96.0 Å². The standard InChI is InChI=1S/C26H36FN3O5S/c1-6-19(2)28-26(32)20(3)29(18-21-13-15-22(35-4)16-14-21)25(31)12-9-17-30(36(5,33)34)24-11-8-7-10-23(24)27/h7-8,10-11,13-16,19-20H,6,9,12,17-18H2,1-5H3,(H,28,32)/t19-,20+/m1/s1. The second kappa shape index (κ2) is 13.2. The summed E-state index contributed by atoms with van der Waals surface area (Å²) in [6.45, 7) is 5.64. The van der Waals surface area contributed by atoms with Crippen molar-refractivity contribution in [2.75, 3.05) is 24.2 Å². The number of benzene rings is 2. The van der Waals surface area contributed by atoms with E-state index in [-0.39, 0.29) is 49.5 Å². The summed E-state index contributed by atoms with van der Waals surface area (Å²) >= 11 is 0. The molecule has 2 amide bonds. The number of hydrogen-bond donors (Lipinski definition) is 1. The van der Waals surface area contributed by atoms with E-state index >= 15 is 0 Å². The van der Waals surface area contributed by atoms with E-state index in [0.29, 0.717) is 5.75 Å². The number of anilines is 1. The molecule has 36 heavy (non-hydrogen) atoms. The van der Waals surface area contributed by atoms with Crippen LogP contribution in [0.5, 0.6) is 5.75 Å². The number of carbonyl (C=O) groups excluding carboxylic acids is 2. The highest BCUT2D eigenvalue weighted by atomic mass is 32.2. The van der Waals surface area contributed by atoms with E-state index in [1.54, 1.807) is 32.2 Å². The van der Waals surface area contributed by atoms with Crippen molar-refractivity contribution < 1.29 is 27.1 Å². The fourth-order valence-electron chi connectivity index (χ4n) is 3.61. The van der Waals surface area contributed by atoms with Crippen LogP contribution in [0.15, 0.2) is 48.5 Å². The van der Waals surface area contributed by atoms with Crippen molar-refractivity contribution in [2.24, 2.45) is 0 Å². The second-order valence-corrected chi connectivity index (χ2v) is 10.7. The molecule has 2 aromatic carbocycles. The lowest BCUT2D eigenvalue weighted by Crippen LogP contribution is -2.49. The van der Waals surface area contributed by atoms with E-state index in [1.807, 2.05) is 26.0 Å². The number of hydrogen-bond acceptors (Lipinski definition) is 5. The zero-order valence-corrected chi connectivity index (χ0v) is 22.3. The monoisotopic (exact) mass is 521 g/mol. The Morgan fingerprint density at radius 3 is 2.28 bits per heavy atom. The lowest BCUT2D eigenvalue weighted by atomic mass is 10.1. The average molecular weight is 522 g/mol. The zero-order chi connectivity index (χ0) is 26.9.